The summed E-state index contributed by atoms with van der Waals surface area (Å²) in [5, 5.41) is 8.89. The van der Waals surface area contributed by atoms with Crippen LogP contribution < -0.4 is 5.73 Å². The van der Waals surface area contributed by atoms with E-state index in [1.165, 1.54) is 0 Å². The third kappa shape index (κ3) is 1.41. The second-order valence-electron chi connectivity index (χ2n) is 2.40. The van der Waals surface area contributed by atoms with Gasteiger partial charge in [-0.1, -0.05) is 0 Å². The molecule has 0 radical (unpaired) electrons. The van der Waals surface area contributed by atoms with E-state index < -0.39 is 15.9 Å². The van der Waals surface area contributed by atoms with Crippen molar-refractivity contribution in [3.05, 3.63) is 0 Å². The maximum absolute atomic E-state index is 10.7. The summed E-state index contributed by atoms with van der Waals surface area (Å²) in [5.41, 5.74) is 3.48. The summed E-state index contributed by atoms with van der Waals surface area (Å²) in [6.45, 7) is 0. The highest BCUT2D eigenvalue weighted by atomic mass is 32.2. The fraction of sp³-hybridized carbons (Fsp3) is 1.00. The van der Waals surface area contributed by atoms with E-state index in [0.29, 0.717) is 0 Å². The lowest BCUT2D eigenvalue weighted by Gasteiger charge is -1.98. The van der Waals surface area contributed by atoms with Gasteiger partial charge >= 0.3 is 0 Å². The first-order valence-corrected chi connectivity index (χ1v) is 4.55. The standard InChI is InChI=1S/C4H9NO3S/c5-3-1-9(7,8)2-4(3)6/h3-4,6H,1-2,5H2/p+1/t3-,4+/m1/s1. The number of quaternary nitrogens is 1. The summed E-state index contributed by atoms with van der Waals surface area (Å²) in [6, 6.07) is -0.324. The predicted octanol–water partition coefficient (Wildman–Crippen LogP) is -2.61. The van der Waals surface area contributed by atoms with Crippen molar-refractivity contribution < 1.29 is 19.3 Å². The Morgan fingerprint density at radius 1 is 1.44 bits per heavy atom. The van der Waals surface area contributed by atoms with Gasteiger partial charge in [-0.25, -0.2) is 8.42 Å². The van der Waals surface area contributed by atoms with Gasteiger partial charge in [0.2, 0.25) is 0 Å². The van der Waals surface area contributed by atoms with E-state index >= 15 is 0 Å². The maximum Gasteiger partial charge on any atom is 0.159 e. The van der Waals surface area contributed by atoms with Crippen LogP contribution in [0.2, 0.25) is 0 Å². The Balaban J connectivity index is 2.77. The smallest absolute Gasteiger partial charge is 0.159 e. The topological polar surface area (TPSA) is 82.0 Å². The molecule has 1 heterocycles. The average molecular weight is 152 g/mol. The molecule has 9 heavy (non-hydrogen) atoms. The fourth-order valence-corrected chi connectivity index (χ4v) is 2.70. The highest BCUT2D eigenvalue weighted by Crippen LogP contribution is 2.07. The summed E-state index contributed by atoms with van der Waals surface area (Å²) < 4.78 is 21.3. The average Bonchev–Trinajstić information content (AvgIpc) is 1.79. The first-order valence-electron chi connectivity index (χ1n) is 2.73. The SMILES string of the molecule is [NH3+][C@@H]1CS(=O)(=O)C[C@@H]1O. The predicted molar refractivity (Wildman–Crippen MR) is 31.3 cm³/mol. The van der Waals surface area contributed by atoms with Crippen molar-refractivity contribution in [1.82, 2.24) is 0 Å². The largest absolute Gasteiger partial charge is 0.386 e. The first-order chi connectivity index (χ1) is 4.01. The zero-order valence-electron chi connectivity index (χ0n) is 4.95. The van der Waals surface area contributed by atoms with Gasteiger partial charge in [-0.3, -0.25) is 0 Å². The van der Waals surface area contributed by atoms with E-state index in [2.05, 4.69) is 5.73 Å². The Morgan fingerprint density at radius 2 is 2.00 bits per heavy atom. The molecule has 0 spiro atoms. The second kappa shape index (κ2) is 1.93. The molecular weight excluding hydrogens is 142 g/mol. The molecule has 0 aromatic heterocycles. The van der Waals surface area contributed by atoms with Crippen LogP contribution in [-0.2, 0) is 9.84 Å². The van der Waals surface area contributed by atoms with E-state index in [0.717, 1.165) is 0 Å². The Kier molecular flexibility index (Phi) is 1.50. The summed E-state index contributed by atoms with van der Waals surface area (Å²) in [6.07, 6.45) is -0.741. The van der Waals surface area contributed by atoms with E-state index in [-0.39, 0.29) is 17.5 Å². The number of aliphatic hydroxyl groups is 1. The molecule has 2 atom stereocenters. The number of rotatable bonds is 0. The molecule has 1 saturated heterocycles. The Bertz CT molecular complexity index is 182. The lowest BCUT2D eigenvalue weighted by Crippen LogP contribution is -2.66. The van der Waals surface area contributed by atoms with Gasteiger partial charge in [0, 0.05) is 0 Å². The Labute approximate surface area is 53.6 Å². The minimum absolute atomic E-state index is 0.0359. The van der Waals surface area contributed by atoms with Gasteiger partial charge in [0.05, 0.1) is 5.75 Å². The molecule has 0 bridgehead atoms. The van der Waals surface area contributed by atoms with Crippen molar-refractivity contribution in [3.63, 3.8) is 0 Å². The van der Waals surface area contributed by atoms with Gasteiger partial charge in [-0.05, 0) is 0 Å². The van der Waals surface area contributed by atoms with E-state index in [9.17, 15) is 8.42 Å². The van der Waals surface area contributed by atoms with Crippen molar-refractivity contribution in [2.24, 2.45) is 0 Å². The number of hydrogen-bond donors (Lipinski definition) is 2. The molecule has 1 fully saturated rings. The van der Waals surface area contributed by atoms with E-state index in [1.807, 2.05) is 0 Å². The molecule has 1 aliphatic rings. The molecule has 54 valence electrons. The second-order valence-corrected chi connectivity index (χ2v) is 4.56. The first kappa shape index (κ1) is 6.98. The molecule has 5 heteroatoms. The van der Waals surface area contributed by atoms with Gasteiger partial charge in [-0.15, -0.1) is 0 Å². The summed E-state index contributed by atoms with van der Waals surface area (Å²) >= 11 is 0. The van der Waals surface area contributed by atoms with Crippen molar-refractivity contribution in [2.45, 2.75) is 12.1 Å². The molecule has 1 aliphatic heterocycles. The third-order valence-corrected chi connectivity index (χ3v) is 3.22. The monoisotopic (exact) mass is 152 g/mol. The number of hydrogen-bond acceptors (Lipinski definition) is 3. The lowest BCUT2D eigenvalue weighted by atomic mass is 10.2. The van der Waals surface area contributed by atoms with Gasteiger partial charge < -0.3 is 10.8 Å². The van der Waals surface area contributed by atoms with E-state index in [1.54, 1.807) is 0 Å². The Hall–Kier alpha value is -0.130. The van der Waals surface area contributed by atoms with Crippen LogP contribution in [0.15, 0.2) is 0 Å². The van der Waals surface area contributed by atoms with Crippen LogP contribution in [0, 0.1) is 0 Å². The molecule has 0 unspecified atom stereocenters. The van der Waals surface area contributed by atoms with Gasteiger partial charge in [0.25, 0.3) is 0 Å². The van der Waals surface area contributed by atoms with Crippen LogP contribution in [0.4, 0.5) is 0 Å². The van der Waals surface area contributed by atoms with Crippen LogP contribution in [-0.4, -0.2) is 37.2 Å². The fourth-order valence-electron chi connectivity index (χ4n) is 0.902. The number of sulfone groups is 1. The molecule has 4 nitrogen and oxygen atoms in total. The quantitative estimate of drug-likeness (QED) is 0.399. The zero-order valence-corrected chi connectivity index (χ0v) is 5.76. The van der Waals surface area contributed by atoms with Gasteiger partial charge in [-0.2, -0.15) is 0 Å². The van der Waals surface area contributed by atoms with Gasteiger partial charge in [0.1, 0.15) is 17.9 Å². The van der Waals surface area contributed by atoms with Crippen LogP contribution in [0.1, 0.15) is 0 Å². The summed E-state index contributed by atoms with van der Waals surface area (Å²) in [5.74, 6) is -0.0741. The highest BCUT2D eigenvalue weighted by Gasteiger charge is 2.36. The molecule has 1 rings (SSSR count). The molecule has 0 aliphatic carbocycles. The molecule has 0 aromatic rings. The van der Waals surface area contributed by atoms with Crippen molar-refractivity contribution in [3.8, 4) is 0 Å². The molecule has 0 aromatic carbocycles. The minimum atomic E-state index is -2.96. The third-order valence-electron chi connectivity index (χ3n) is 1.44. The van der Waals surface area contributed by atoms with Crippen LogP contribution >= 0.6 is 0 Å². The zero-order chi connectivity index (χ0) is 7.07. The summed E-state index contributed by atoms with van der Waals surface area (Å²) in [4.78, 5) is 0. The van der Waals surface area contributed by atoms with Gasteiger partial charge in [0.15, 0.2) is 9.84 Å². The van der Waals surface area contributed by atoms with Crippen molar-refractivity contribution in [2.75, 3.05) is 11.5 Å². The Morgan fingerprint density at radius 3 is 2.11 bits per heavy atom. The van der Waals surface area contributed by atoms with Crippen LogP contribution in [0.25, 0.3) is 0 Å². The normalized spacial score (nSPS) is 41.1. The number of aliphatic hydroxyl groups excluding tert-OH is 1. The maximum atomic E-state index is 10.7. The van der Waals surface area contributed by atoms with Crippen LogP contribution in [0.5, 0.6) is 0 Å². The molecule has 0 amide bonds. The minimum Gasteiger partial charge on any atom is -0.386 e. The van der Waals surface area contributed by atoms with Crippen molar-refractivity contribution >= 4 is 9.84 Å². The van der Waals surface area contributed by atoms with Crippen molar-refractivity contribution in [1.29, 1.82) is 0 Å². The molecule has 0 saturated carbocycles. The summed E-state index contributed by atoms with van der Waals surface area (Å²) in [7, 11) is -2.96. The van der Waals surface area contributed by atoms with E-state index in [4.69, 9.17) is 5.11 Å². The molecular formula is C4H10NO3S+. The van der Waals surface area contributed by atoms with Crippen LogP contribution in [0.3, 0.4) is 0 Å². The highest BCUT2D eigenvalue weighted by molar-refractivity contribution is 7.91. The molecule has 4 N–H and O–H groups in total. The lowest BCUT2D eigenvalue weighted by molar-refractivity contribution is -0.425.